The summed E-state index contributed by atoms with van der Waals surface area (Å²) in [5.41, 5.74) is 2.06. The van der Waals surface area contributed by atoms with Gasteiger partial charge in [-0.25, -0.2) is 13.4 Å². The number of rotatable bonds is 8. The molecule has 3 rings (SSSR count). The van der Waals surface area contributed by atoms with Crippen molar-refractivity contribution in [2.45, 2.75) is 43.8 Å². The molecule has 0 saturated carbocycles. The lowest BCUT2D eigenvalue weighted by Gasteiger charge is -2.32. The first-order valence-corrected chi connectivity index (χ1v) is 11.2. The van der Waals surface area contributed by atoms with Crippen LogP contribution in [0.5, 0.6) is 0 Å². The number of hydrogen-bond donors (Lipinski definition) is 0. The minimum Gasteiger partial charge on any atom is -0.343 e. The van der Waals surface area contributed by atoms with Crippen LogP contribution in [0.25, 0.3) is 0 Å². The van der Waals surface area contributed by atoms with Gasteiger partial charge in [-0.3, -0.25) is 9.69 Å². The van der Waals surface area contributed by atoms with E-state index in [-0.39, 0.29) is 5.16 Å². The minimum atomic E-state index is -3.47. The number of carbonyl (C=O) groups is 1. The van der Waals surface area contributed by atoms with E-state index in [4.69, 9.17) is 0 Å². The quantitative estimate of drug-likeness (QED) is 0.625. The highest BCUT2D eigenvalue weighted by atomic mass is 32.2. The molecule has 1 aromatic carbocycles. The summed E-state index contributed by atoms with van der Waals surface area (Å²) < 4.78 is 27.5. The number of piperazine rings is 1. The van der Waals surface area contributed by atoms with Crippen LogP contribution in [0.2, 0.25) is 0 Å². The van der Waals surface area contributed by atoms with Gasteiger partial charge < -0.3 is 9.47 Å². The zero-order valence-electron chi connectivity index (χ0n) is 16.5. The first-order valence-electron chi connectivity index (χ1n) is 9.65. The number of benzene rings is 1. The summed E-state index contributed by atoms with van der Waals surface area (Å²) in [6, 6.07) is 10.0. The van der Waals surface area contributed by atoms with E-state index in [9.17, 15) is 13.2 Å². The Kier molecular flexibility index (Phi) is 6.51. The summed E-state index contributed by atoms with van der Waals surface area (Å²) in [6.45, 7) is 7.49. The van der Waals surface area contributed by atoms with Crippen molar-refractivity contribution >= 4 is 16.2 Å². The molecule has 152 valence electrons. The Balaban J connectivity index is 1.83. The number of amides is 1. The molecule has 0 spiro atoms. The van der Waals surface area contributed by atoms with Crippen molar-refractivity contribution in [2.24, 2.45) is 0 Å². The van der Waals surface area contributed by atoms with E-state index in [0.717, 1.165) is 37.2 Å². The third-order valence-corrected chi connectivity index (χ3v) is 7.26. The topological polar surface area (TPSA) is 75.5 Å². The van der Waals surface area contributed by atoms with Crippen molar-refractivity contribution < 1.29 is 13.2 Å². The maximum absolute atomic E-state index is 12.8. The number of hydrogen-bond acceptors (Lipinski definition) is 5. The Labute approximate surface area is 166 Å². The maximum Gasteiger partial charge on any atom is 0.228 e. The molecule has 0 aliphatic carbocycles. The Morgan fingerprint density at radius 1 is 1.11 bits per heavy atom. The van der Waals surface area contributed by atoms with Crippen LogP contribution in [0.1, 0.15) is 25.1 Å². The van der Waals surface area contributed by atoms with Gasteiger partial charge in [0, 0.05) is 39.3 Å². The second-order valence-corrected chi connectivity index (χ2v) is 9.83. The highest BCUT2D eigenvalue weighted by Gasteiger charge is 2.27. The SMILES string of the molecule is CC(C)S(=O)(=O)c1ncc(CN2CCN(C=O)CC2)n1CCc1ccccc1. The van der Waals surface area contributed by atoms with E-state index in [1.807, 2.05) is 34.9 Å². The average Bonchev–Trinajstić information content (AvgIpc) is 3.11. The second kappa shape index (κ2) is 8.87. The van der Waals surface area contributed by atoms with E-state index < -0.39 is 15.1 Å². The number of sulfone groups is 1. The first kappa shape index (κ1) is 20.5. The highest BCUT2D eigenvalue weighted by Crippen LogP contribution is 2.19. The average molecular weight is 405 g/mol. The van der Waals surface area contributed by atoms with Gasteiger partial charge in [0.25, 0.3) is 0 Å². The number of imidazole rings is 1. The maximum atomic E-state index is 12.8. The molecule has 0 N–H and O–H groups in total. The number of nitrogens with zero attached hydrogens (tertiary/aromatic N) is 4. The fourth-order valence-electron chi connectivity index (χ4n) is 3.34. The number of aryl methyl sites for hydroxylation is 1. The lowest BCUT2D eigenvalue weighted by molar-refractivity contribution is -0.119. The number of aromatic nitrogens is 2. The fraction of sp³-hybridized carbons (Fsp3) is 0.500. The molecule has 2 aromatic rings. The predicted molar refractivity (Wildman–Crippen MR) is 108 cm³/mol. The van der Waals surface area contributed by atoms with Crippen molar-refractivity contribution in [1.82, 2.24) is 19.4 Å². The van der Waals surface area contributed by atoms with Gasteiger partial charge in [0.1, 0.15) is 0 Å². The summed E-state index contributed by atoms with van der Waals surface area (Å²) in [5.74, 6) is 0. The third-order valence-electron chi connectivity index (χ3n) is 5.19. The first-order chi connectivity index (χ1) is 13.4. The molecular formula is C20H28N4O3S. The Morgan fingerprint density at radius 2 is 1.79 bits per heavy atom. The van der Waals surface area contributed by atoms with E-state index >= 15 is 0 Å². The van der Waals surface area contributed by atoms with Crippen molar-refractivity contribution in [3.8, 4) is 0 Å². The molecule has 8 heteroatoms. The molecule has 7 nitrogen and oxygen atoms in total. The monoisotopic (exact) mass is 404 g/mol. The van der Waals surface area contributed by atoms with Gasteiger partial charge in [-0.1, -0.05) is 30.3 Å². The van der Waals surface area contributed by atoms with Crippen molar-refractivity contribution in [1.29, 1.82) is 0 Å². The van der Waals surface area contributed by atoms with Gasteiger partial charge in [0.2, 0.25) is 21.4 Å². The van der Waals surface area contributed by atoms with Crippen LogP contribution in [-0.2, 0) is 34.1 Å². The largest absolute Gasteiger partial charge is 0.343 e. The summed E-state index contributed by atoms with van der Waals surface area (Å²) in [4.78, 5) is 19.2. The van der Waals surface area contributed by atoms with Gasteiger partial charge in [-0.15, -0.1) is 0 Å². The van der Waals surface area contributed by atoms with Crippen LogP contribution < -0.4 is 0 Å². The molecular weight excluding hydrogens is 376 g/mol. The molecule has 28 heavy (non-hydrogen) atoms. The Hall–Kier alpha value is -2.19. The molecule has 1 aromatic heterocycles. The van der Waals surface area contributed by atoms with Crippen LogP contribution in [-0.4, -0.2) is 65.6 Å². The molecule has 0 bridgehead atoms. The summed E-state index contributed by atoms with van der Waals surface area (Å²) >= 11 is 0. The zero-order valence-corrected chi connectivity index (χ0v) is 17.3. The molecule has 1 fully saturated rings. The smallest absolute Gasteiger partial charge is 0.228 e. The van der Waals surface area contributed by atoms with Crippen LogP contribution in [0.3, 0.4) is 0 Å². The van der Waals surface area contributed by atoms with Crippen molar-refractivity contribution in [3.05, 3.63) is 47.8 Å². The van der Waals surface area contributed by atoms with Crippen molar-refractivity contribution in [3.63, 3.8) is 0 Å². The fourth-order valence-corrected chi connectivity index (χ4v) is 4.47. The van der Waals surface area contributed by atoms with E-state index in [1.165, 1.54) is 0 Å². The van der Waals surface area contributed by atoms with Crippen LogP contribution in [0.4, 0.5) is 0 Å². The minimum absolute atomic E-state index is 0.153. The molecule has 2 heterocycles. The van der Waals surface area contributed by atoms with Gasteiger partial charge in [-0.05, 0) is 25.8 Å². The van der Waals surface area contributed by atoms with E-state index in [1.54, 1.807) is 24.9 Å². The molecule has 1 aliphatic rings. The number of carbonyl (C=O) groups excluding carboxylic acids is 1. The third kappa shape index (κ3) is 4.62. The normalized spacial score (nSPS) is 15.9. The summed E-state index contributed by atoms with van der Waals surface area (Å²) in [7, 11) is -3.47. The summed E-state index contributed by atoms with van der Waals surface area (Å²) in [6.07, 6.45) is 3.31. The highest BCUT2D eigenvalue weighted by molar-refractivity contribution is 7.91. The predicted octanol–water partition coefficient (Wildman–Crippen LogP) is 1.58. The van der Waals surface area contributed by atoms with Gasteiger partial charge in [-0.2, -0.15) is 0 Å². The van der Waals surface area contributed by atoms with Crippen LogP contribution in [0.15, 0.2) is 41.7 Å². The van der Waals surface area contributed by atoms with Gasteiger partial charge >= 0.3 is 0 Å². The van der Waals surface area contributed by atoms with Crippen molar-refractivity contribution in [2.75, 3.05) is 26.2 Å². The lowest BCUT2D eigenvalue weighted by Crippen LogP contribution is -2.45. The molecule has 0 atom stereocenters. The Morgan fingerprint density at radius 3 is 2.39 bits per heavy atom. The zero-order chi connectivity index (χ0) is 20.1. The van der Waals surface area contributed by atoms with E-state index in [2.05, 4.69) is 9.88 Å². The molecule has 0 unspecified atom stereocenters. The molecule has 1 aliphatic heterocycles. The van der Waals surface area contributed by atoms with Gasteiger partial charge in [0.05, 0.1) is 17.1 Å². The van der Waals surface area contributed by atoms with Crippen LogP contribution in [0, 0.1) is 0 Å². The van der Waals surface area contributed by atoms with Gasteiger partial charge in [0.15, 0.2) is 0 Å². The standard InChI is InChI=1S/C20H28N4O3S/c1-17(2)28(26,27)20-21-14-19(15-22-10-12-23(16-25)13-11-22)24(20)9-8-18-6-4-3-5-7-18/h3-7,14,16-17H,8-13,15H2,1-2H3. The van der Waals surface area contributed by atoms with Crippen LogP contribution >= 0.6 is 0 Å². The molecule has 1 saturated heterocycles. The van der Waals surface area contributed by atoms with E-state index in [0.29, 0.717) is 26.2 Å². The lowest BCUT2D eigenvalue weighted by atomic mass is 10.1. The second-order valence-electron chi connectivity index (χ2n) is 7.43. The molecule has 0 radical (unpaired) electrons. The Bertz CT molecular complexity index is 885. The molecule has 1 amide bonds. The summed E-state index contributed by atoms with van der Waals surface area (Å²) in [5, 5.41) is -0.366.